The Labute approximate surface area is 140 Å². The third-order valence-electron chi connectivity index (χ3n) is 7.72. The molecule has 0 aromatic heterocycles. The zero-order valence-electron chi connectivity index (χ0n) is 14.9. The van der Waals surface area contributed by atoms with E-state index in [1.165, 1.54) is 24.8 Å². The van der Waals surface area contributed by atoms with Crippen molar-refractivity contribution < 1.29 is 10.2 Å². The summed E-state index contributed by atoms with van der Waals surface area (Å²) in [6.07, 6.45) is 8.38. The van der Waals surface area contributed by atoms with Crippen LogP contribution in [0.15, 0.2) is 22.3 Å². The molecule has 23 heavy (non-hydrogen) atoms. The Morgan fingerprint density at radius 2 is 1.91 bits per heavy atom. The highest BCUT2D eigenvalue weighted by atomic mass is 16.3. The highest BCUT2D eigenvalue weighted by Gasteiger charge is 2.54. The number of aliphatic hydroxyl groups is 2. The van der Waals surface area contributed by atoms with Gasteiger partial charge in [-0.3, -0.25) is 0 Å². The number of allylic oxidation sites excluding steroid dienone is 1. The number of fused-ring (bicyclic) bond motifs is 4. The molecule has 1 fully saturated rings. The third-order valence-corrected chi connectivity index (χ3v) is 7.72. The fourth-order valence-corrected chi connectivity index (χ4v) is 6.57. The SMILES string of the molecule is CC[C@@H]1CC2=C(CC[C@H](O)C2)[C@H]2CC[C@@]3(C)C(=C(C)C[C@@H]3O)[C@H]12. The summed E-state index contributed by atoms with van der Waals surface area (Å²) in [5.41, 5.74) is 6.44. The van der Waals surface area contributed by atoms with Gasteiger partial charge in [0.25, 0.3) is 0 Å². The lowest BCUT2D eigenvalue weighted by molar-refractivity contribution is 0.0299. The monoisotopic (exact) mass is 316 g/mol. The van der Waals surface area contributed by atoms with E-state index < -0.39 is 0 Å². The Bertz CT molecular complexity index is 572. The van der Waals surface area contributed by atoms with Crippen LogP contribution >= 0.6 is 0 Å². The van der Waals surface area contributed by atoms with E-state index in [1.807, 2.05) is 0 Å². The first-order chi connectivity index (χ1) is 11.0. The van der Waals surface area contributed by atoms with E-state index in [2.05, 4.69) is 20.8 Å². The first-order valence-electron chi connectivity index (χ1n) is 9.72. The van der Waals surface area contributed by atoms with Crippen LogP contribution in [-0.4, -0.2) is 22.4 Å². The second-order valence-electron chi connectivity index (χ2n) is 8.90. The molecular weight excluding hydrogens is 284 g/mol. The molecule has 0 saturated heterocycles. The lowest BCUT2D eigenvalue weighted by Gasteiger charge is -2.52. The molecule has 0 spiro atoms. The van der Waals surface area contributed by atoms with Crippen LogP contribution in [-0.2, 0) is 0 Å². The average Bonchev–Trinajstić information content (AvgIpc) is 2.75. The van der Waals surface area contributed by atoms with Crippen molar-refractivity contribution in [2.75, 3.05) is 0 Å². The van der Waals surface area contributed by atoms with Gasteiger partial charge in [0.05, 0.1) is 12.2 Å². The smallest absolute Gasteiger partial charge is 0.0668 e. The number of aliphatic hydroxyl groups excluding tert-OH is 2. The first kappa shape index (κ1) is 15.9. The predicted molar refractivity (Wildman–Crippen MR) is 92.9 cm³/mol. The molecule has 0 heterocycles. The highest BCUT2D eigenvalue weighted by molar-refractivity contribution is 5.40. The zero-order chi connectivity index (χ0) is 16.4. The molecule has 2 N–H and O–H groups in total. The molecule has 4 rings (SSSR count). The van der Waals surface area contributed by atoms with Crippen LogP contribution in [0.5, 0.6) is 0 Å². The summed E-state index contributed by atoms with van der Waals surface area (Å²) in [4.78, 5) is 0. The van der Waals surface area contributed by atoms with Gasteiger partial charge in [-0.1, -0.05) is 42.6 Å². The van der Waals surface area contributed by atoms with E-state index in [4.69, 9.17) is 0 Å². The lowest BCUT2D eigenvalue weighted by Crippen LogP contribution is -2.45. The molecule has 2 nitrogen and oxygen atoms in total. The van der Waals surface area contributed by atoms with Crippen LogP contribution in [0, 0.1) is 23.2 Å². The predicted octanol–water partition coefficient (Wildman–Crippen LogP) is 4.37. The number of hydrogen-bond acceptors (Lipinski definition) is 2. The van der Waals surface area contributed by atoms with Gasteiger partial charge in [-0.05, 0) is 69.6 Å². The van der Waals surface area contributed by atoms with Gasteiger partial charge in [0.2, 0.25) is 0 Å². The maximum absolute atomic E-state index is 10.7. The van der Waals surface area contributed by atoms with Crippen molar-refractivity contribution in [3.63, 3.8) is 0 Å². The summed E-state index contributed by atoms with van der Waals surface area (Å²) in [6.45, 7) is 6.92. The number of rotatable bonds is 1. The minimum absolute atomic E-state index is 0.0327. The Morgan fingerprint density at radius 3 is 2.65 bits per heavy atom. The summed E-state index contributed by atoms with van der Waals surface area (Å²) < 4.78 is 0. The van der Waals surface area contributed by atoms with Gasteiger partial charge in [-0.2, -0.15) is 0 Å². The molecule has 0 aromatic carbocycles. The van der Waals surface area contributed by atoms with Crippen molar-refractivity contribution >= 4 is 0 Å². The van der Waals surface area contributed by atoms with Crippen LogP contribution in [0.3, 0.4) is 0 Å². The van der Waals surface area contributed by atoms with Gasteiger partial charge in [-0.25, -0.2) is 0 Å². The Morgan fingerprint density at radius 1 is 1.13 bits per heavy atom. The van der Waals surface area contributed by atoms with Crippen LogP contribution in [0.4, 0.5) is 0 Å². The van der Waals surface area contributed by atoms with Crippen molar-refractivity contribution in [3.8, 4) is 0 Å². The van der Waals surface area contributed by atoms with Crippen molar-refractivity contribution in [1.82, 2.24) is 0 Å². The van der Waals surface area contributed by atoms with Gasteiger partial charge in [0.1, 0.15) is 0 Å². The quantitative estimate of drug-likeness (QED) is 0.705. The van der Waals surface area contributed by atoms with Crippen molar-refractivity contribution in [3.05, 3.63) is 22.3 Å². The minimum atomic E-state index is -0.167. The van der Waals surface area contributed by atoms with Crippen LogP contribution < -0.4 is 0 Å². The third kappa shape index (κ3) is 2.21. The zero-order valence-corrected chi connectivity index (χ0v) is 14.9. The molecule has 1 saturated carbocycles. The molecule has 0 radical (unpaired) electrons. The van der Waals surface area contributed by atoms with E-state index >= 15 is 0 Å². The molecular formula is C21H32O2. The summed E-state index contributed by atoms with van der Waals surface area (Å²) in [7, 11) is 0. The normalized spacial score (nSPS) is 46.6. The van der Waals surface area contributed by atoms with Gasteiger partial charge < -0.3 is 10.2 Å². The fourth-order valence-electron chi connectivity index (χ4n) is 6.57. The maximum atomic E-state index is 10.7. The molecule has 128 valence electrons. The Kier molecular flexibility index (Phi) is 3.77. The van der Waals surface area contributed by atoms with Crippen molar-refractivity contribution in [2.45, 2.75) is 84.3 Å². The number of hydrogen-bond donors (Lipinski definition) is 2. The van der Waals surface area contributed by atoms with E-state index in [0.29, 0.717) is 17.8 Å². The Hall–Kier alpha value is -0.600. The van der Waals surface area contributed by atoms with Crippen LogP contribution in [0.2, 0.25) is 0 Å². The van der Waals surface area contributed by atoms with E-state index in [-0.39, 0.29) is 17.6 Å². The summed E-state index contributed by atoms with van der Waals surface area (Å²) in [5, 5.41) is 20.8. The fraction of sp³-hybridized carbons (Fsp3) is 0.810. The van der Waals surface area contributed by atoms with E-state index in [1.54, 1.807) is 16.7 Å². The second-order valence-corrected chi connectivity index (χ2v) is 8.90. The van der Waals surface area contributed by atoms with Gasteiger partial charge in [-0.15, -0.1) is 0 Å². The van der Waals surface area contributed by atoms with Crippen LogP contribution in [0.25, 0.3) is 0 Å². The minimum Gasteiger partial charge on any atom is -0.393 e. The van der Waals surface area contributed by atoms with E-state index in [9.17, 15) is 10.2 Å². The summed E-state index contributed by atoms with van der Waals surface area (Å²) in [6, 6.07) is 0. The topological polar surface area (TPSA) is 40.5 Å². The highest BCUT2D eigenvalue weighted by Crippen LogP contribution is 2.62. The second kappa shape index (κ2) is 5.46. The molecule has 0 amide bonds. The molecule has 2 heteroatoms. The van der Waals surface area contributed by atoms with E-state index in [0.717, 1.165) is 32.1 Å². The molecule has 4 aliphatic carbocycles. The van der Waals surface area contributed by atoms with Gasteiger partial charge in [0.15, 0.2) is 0 Å². The van der Waals surface area contributed by atoms with Gasteiger partial charge >= 0.3 is 0 Å². The summed E-state index contributed by atoms with van der Waals surface area (Å²) in [5.74, 6) is 2.06. The maximum Gasteiger partial charge on any atom is 0.0668 e. The van der Waals surface area contributed by atoms with Crippen LogP contribution in [0.1, 0.15) is 72.1 Å². The van der Waals surface area contributed by atoms with Crippen molar-refractivity contribution in [2.24, 2.45) is 23.2 Å². The molecule has 0 aliphatic heterocycles. The first-order valence-corrected chi connectivity index (χ1v) is 9.72. The molecule has 0 bridgehead atoms. The lowest BCUT2D eigenvalue weighted by atomic mass is 9.53. The van der Waals surface area contributed by atoms with Crippen molar-refractivity contribution in [1.29, 1.82) is 0 Å². The summed E-state index contributed by atoms with van der Waals surface area (Å²) >= 11 is 0. The molecule has 0 unspecified atom stereocenters. The molecule has 4 aliphatic rings. The standard InChI is InChI=1S/C21H32O2/c1-4-13-10-14-11-15(22)5-6-16(14)17-7-8-21(3)18(23)9-12(2)20(21)19(13)17/h13,15,17-19,22-23H,4-11H2,1-3H3/t13-,15+,17-,18+,19-,21-/m1/s1. The molecule has 0 aromatic rings. The molecule has 6 atom stereocenters. The van der Waals surface area contributed by atoms with Gasteiger partial charge in [0, 0.05) is 5.41 Å². The average molecular weight is 316 g/mol. The Balaban J connectivity index is 1.78. The largest absolute Gasteiger partial charge is 0.393 e.